The molecule has 0 aromatic heterocycles. The smallest absolute Gasteiger partial charge is 0.168 e. The first-order valence-electron chi connectivity index (χ1n) is 10.0. The van der Waals surface area contributed by atoms with Crippen molar-refractivity contribution in [3.05, 3.63) is 0 Å². The average Bonchev–Trinajstić information content (AvgIpc) is 2.59. The van der Waals surface area contributed by atoms with Crippen molar-refractivity contribution in [3.8, 4) is 0 Å². The van der Waals surface area contributed by atoms with E-state index in [2.05, 4.69) is 6.92 Å². The second kappa shape index (κ2) is 8.11. The molecule has 0 N–H and O–H groups in total. The molecule has 1 saturated heterocycles. The number of hydrogen-bond donors (Lipinski definition) is 0. The summed E-state index contributed by atoms with van der Waals surface area (Å²) in [6.45, 7) is 4.04. The summed E-state index contributed by atoms with van der Waals surface area (Å²) >= 11 is 0. The Labute approximate surface area is 141 Å². The zero-order valence-electron chi connectivity index (χ0n) is 14.9. The van der Waals surface area contributed by atoms with E-state index in [1.165, 1.54) is 38.5 Å². The minimum absolute atomic E-state index is 0.262. The molecule has 0 bridgehead atoms. The van der Waals surface area contributed by atoms with Gasteiger partial charge in [0, 0.05) is 31.6 Å². The summed E-state index contributed by atoms with van der Waals surface area (Å²) in [5.74, 6) is 2.39. The van der Waals surface area contributed by atoms with E-state index in [0.29, 0.717) is 11.7 Å². The first-order chi connectivity index (χ1) is 11.2. The van der Waals surface area contributed by atoms with Gasteiger partial charge in [0.25, 0.3) is 0 Å². The van der Waals surface area contributed by atoms with Crippen molar-refractivity contribution in [1.82, 2.24) is 0 Å². The van der Waals surface area contributed by atoms with Crippen LogP contribution in [0.3, 0.4) is 0 Å². The number of Topliss-reactive ketones (excluding diaryl/α,β-unsaturated/α-hetero) is 1. The fourth-order valence-electron chi connectivity index (χ4n) is 4.75. The van der Waals surface area contributed by atoms with Gasteiger partial charge in [0.15, 0.2) is 5.79 Å². The molecule has 3 aliphatic rings. The van der Waals surface area contributed by atoms with E-state index < -0.39 is 0 Å². The van der Waals surface area contributed by atoms with Crippen molar-refractivity contribution >= 4 is 5.78 Å². The molecule has 0 aromatic rings. The SMILES string of the molecule is CCCCCC1COC2(CCC(C3CCC(=O)CC3)CC2)OC1. The van der Waals surface area contributed by atoms with Crippen molar-refractivity contribution in [2.24, 2.45) is 17.8 Å². The van der Waals surface area contributed by atoms with Crippen molar-refractivity contribution in [1.29, 1.82) is 0 Å². The third-order valence-corrected chi connectivity index (χ3v) is 6.43. The highest BCUT2D eigenvalue weighted by molar-refractivity contribution is 5.79. The van der Waals surface area contributed by atoms with Crippen LogP contribution in [0.1, 0.15) is 84.0 Å². The molecular formula is C20H34O3. The third kappa shape index (κ3) is 4.57. The van der Waals surface area contributed by atoms with Crippen LogP contribution in [0.15, 0.2) is 0 Å². The molecule has 1 aliphatic heterocycles. The van der Waals surface area contributed by atoms with E-state index in [-0.39, 0.29) is 5.79 Å². The van der Waals surface area contributed by atoms with Gasteiger partial charge in [-0.15, -0.1) is 0 Å². The zero-order chi connectivity index (χ0) is 16.1. The van der Waals surface area contributed by atoms with E-state index in [9.17, 15) is 4.79 Å². The quantitative estimate of drug-likeness (QED) is 0.677. The Morgan fingerprint density at radius 3 is 2.17 bits per heavy atom. The maximum absolute atomic E-state index is 11.4. The van der Waals surface area contributed by atoms with Gasteiger partial charge in [-0.2, -0.15) is 0 Å². The molecule has 3 heteroatoms. The second-order valence-electron chi connectivity index (χ2n) is 8.11. The first-order valence-corrected chi connectivity index (χ1v) is 10.0. The van der Waals surface area contributed by atoms with Gasteiger partial charge in [-0.3, -0.25) is 4.79 Å². The number of hydrogen-bond acceptors (Lipinski definition) is 3. The fraction of sp³-hybridized carbons (Fsp3) is 0.950. The minimum atomic E-state index is -0.262. The maximum Gasteiger partial charge on any atom is 0.168 e. The van der Waals surface area contributed by atoms with Crippen LogP contribution < -0.4 is 0 Å². The van der Waals surface area contributed by atoms with Crippen LogP contribution in [0.25, 0.3) is 0 Å². The summed E-state index contributed by atoms with van der Waals surface area (Å²) in [6, 6.07) is 0. The number of unbranched alkanes of at least 4 members (excludes halogenated alkanes) is 2. The van der Waals surface area contributed by atoms with Gasteiger partial charge in [0.2, 0.25) is 0 Å². The topological polar surface area (TPSA) is 35.5 Å². The average molecular weight is 322 g/mol. The summed E-state index contributed by atoms with van der Waals surface area (Å²) in [5, 5.41) is 0. The summed E-state index contributed by atoms with van der Waals surface area (Å²) in [5.41, 5.74) is 0. The molecule has 0 unspecified atom stereocenters. The largest absolute Gasteiger partial charge is 0.350 e. The molecule has 23 heavy (non-hydrogen) atoms. The summed E-state index contributed by atoms with van der Waals surface area (Å²) in [6.07, 6.45) is 13.6. The molecule has 132 valence electrons. The number of ether oxygens (including phenoxy) is 2. The zero-order valence-corrected chi connectivity index (χ0v) is 14.9. The van der Waals surface area contributed by atoms with E-state index in [1.54, 1.807) is 0 Å². The van der Waals surface area contributed by atoms with Crippen LogP contribution in [0, 0.1) is 17.8 Å². The Kier molecular flexibility index (Phi) is 6.14. The molecule has 0 aromatic carbocycles. The highest BCUT2D eigenvalue weighted by atomic mass is 16.7. The van der Waals surface area contributed by atoms with Crippen LogP contribution in [-0.2, 0) is 14.3 Å². The maximum atomic E-state index is 11.4. The highest BCUT2D eigenvalue weighted by Gasteiger charge is 2.42. The molecule has 3 fully saturated rings. The van der Waals surface area contributed by atoms with Crippen LogP contribution >= 0.6 is 0 Å². The van der Waals surface area contributed by atoms with Crippen molar-refractivity contribution in [2.45, 2.75) is 89.8 Å². The molecule has 1 spiro atoms. The highest BCUT2D eigenvalue weighted by Crippen LogP contribution is 2.44. The number of carbonyl (C=O) groups excluding carboxylic acids is 1. The van der Waals surface area contributed by atoms with Crippen LogP contribution in [0.2, 0.25) is 0 Å². The molecule has 0 atom stereocenters. The van der Waals surface area contributed by atoms with Crippen LogP contribution in [0.5, 0.6) is 0 Å². The Morgan fingerprint density at radius 1 is 0.957 bits per heavy atom. The van der Waals surface area contributed by atoms with Crippen molar-refractivity contribution < 1.29 is 14.3 Å². The van der Waals surface area contributed by atoms with E-state index in [4.69, 9.17) is 9.47 Å². The van der Waals surface area contributed by atoms with E-state index >= 15 is 0 Å². The minimum Gasteiger partial charge on any atom is -0.350 e. The van der Waals surface area contributed by atoms with Gasteiger partial charge in [-0.05, 0) is 43.9 Å². The molecule has 2 saturated carbocycles. The number of rotatable bonds is 5. The molecule has 0 radical (unpaired) electrons. The number of ketones is 1. The van der Waals surface area contributed by atoms with Crippen molar-refractivity contribution in [3.63, 3.8) is 0 Å². The lowest BCUT2D eigenvalue weighted by molar-refractivity contribution is -0.299. The molecule has 0 amide bonds. The lowest BCUT2D eigenvalue weighted by Crippen LogP contribution is -2.47. The molecular weight excluding hydrogens is 288 g/mol. The van der Waals surface area contributed by atoms with Gasteiger partial charge >= 0.3 is 0 Å². The standard InChI is InChI=1S/C20H34O3/c1-2-3-4-5-16-14-22-20(23-15-16)12-10-18(11-13-20)17-6-8-19(21)9-7-17/h16-18H,2-15H2,1H3. The molecule has 3 nitrogen and oxygen atoms in total. The summed E-state index contributed by atoms with van der Waals surface area (Å²) in [7, 11) is 0. The monoisotopic (exact) mass is 322 g/mol. The fourth-order valence-corrected chi connectivity index (χ4v) is 4.75. The predicted molar refractivity (Wildman–Crippen MR) is 91.2 cm³/mol. The Hall–Kier alpha value is -0.410. The van der Waals surface area contributed by atoms with Crippen LogP contribution in [0.4, 0.5) is 0 Å². The predicted octanol–water partition coefficient (Wildman–Crippen LogP) is 4.88. The van der Waals surface area contributed by atoms with Gasteiger partial charge in [-0.1, -0.05) is 26.2 Å². The normalized spacial score (nSPS) is 36.5. The van der Waals surface area contributed by atoms with Gasteiger partial charge in [-0.25, -0.2) is 0 Å². The lowest BCUT2D eigenvalue weighted by atomic mass is 9.71. The van der Waals surface area contributed by atoms with Crippen LogP contribution in [-0.4, -0.2) is 24.8 Å². The van der Waals surface area contributed by atoms with Crippen molar-refractivity contribution in [2.75, 3.05) is 13.2 Å². The molecule has 2 aliphatic carbocycles. The Morgan fingerprint density at radius 2 is 1.57 bits per heavy atom. The lowest BCUT2D eigenvalue weighted by Gasteiger charge is -2.46. The third-order valence-electron chi connectivity index (χ3n) is 6.43. The van der Waals surface area contributed by atoms with Gasteiger partial charge in [0.05, 0.1) is 13.2 Å². The van der Waals surface area contributed by atoms with Gasteiger partial charge in [0.1, 0.15) is 5.78 Å². The summed E-state index contributed by atoms with van der Waals surface area (Å²) < 4.78 is 12.5. The van der Waals surface area contributed by atoms with E-state index in [0.717, 1.165) is 63.6 Å². The van der Waals surface area contributed by atoms with E-state index in [1.807, 2.05) is 0 Å². The first kappa shape index (κ1) is 17.4. The Balaban J connectivity index is 1.40. The summed E-state index contributed by atoms with van der Waals surface area (Å²) in [4.78, 5) is 11.4. The molecule has 1 heterocycles. The van der Waals surface area contributed by atoms with Gasteiger partial charge < -0.3 is 9.47 Å². The molecule has 3 rings (SSSR count). The second-order valence-corrected chi connectivity index (χ2v) is 8.11. The Bertz CT molecular complexity index is 364. The number of carbonyl (C=O) groups is 1.